The van der Waals surface area contributed by atoms with Crippen LogP contribution in [0.2, 0.25) is 0 Å². The van der Waals surface area contributed by atoms with E-state index in [4.69, 9.17) is 4.74 Å². The Morgan fingerprint density at radius 2 is 1.95 bits per heavy atom. The molecule has 3 N–H and O–H groups in total. The standard InChI is InChI=1S/C17H31N3O2/c1-3-22-14-11-13(17(14)9-4-5-10-17)20-15(18-2)19-12-16(21)7-6-8-16/h13-14,21H,3-12H2,1-2H3,(H2,18,19,20). The van der Waals surface area contributed by atoms with Gasteiger partial charge in [-0.05, 0) is 45.4 Å². The molecule has 126 valence electrons. The van der Waals surface area contributed by atoms with Gasteiger partial charge in [0, 0.05) is 31.7 Å². The van der Waals surface area contributed by atoms with E-state index in [0.717, 1.165) is 38.2 Å². The molecule has 0 bridgehead atoms. The number of ether oxygens (including phenoxy) is 1. The first-order chi connectivity index (χ1) is 10.6. The quantitative estimate of drug-likeness (QED) is 0.535. The summed E-state index contributed by atoms with van der Waals surface area (Å²) < 4.78 is 5.96. The lowest BCUT2D eigenvalue weighted by atomic mass is 9.60. The normalized spacial score (nSPS) is 32.4. The molecule has 3 saturated carbocycles. The van der Waals surface area contributed by atoms with Crippen LogP contribution in [-0.4, -0.2) is 49.0 Å². The van der Waals surface area contributed by atoms with E-state index in [1.807, 2.05) is 0 Å². The van der Waals surface area contributed by atoms with Crippen LogP contribution in [0.15, 0.2) is 4.99 Å². The summed E-state index contributed by atoms with van der Waals surface area (Å²) in [6.07, 6.45) is 9.55. The minimum Gasteiger partial charge on any atom is -0.388 e. The topological polar surface area (TPSA) is 65.9 Å². The summed E-state index contributed by atoms with van der Waals surface area (Å²) in [5, 5.41) is 17.1. The van der Waals surface area contributed by atoms with E-state index in [-0.39, 0.29) is 0 Å². The number of nitrogens with zero attached hydrogens (tertiary/aromatic N) is 1. The molecular weight excluding hydrogens is 278 g/mol. The van der Waals surface area contributed by atoms with E-state index in [9.17, 15) is 5.11 Å². The Balaban J connectivity index is 1.54. The molecule has 0 aliphatic heterocycles. The highest BCUT2D eigenvalue weighted by atomic mass is 16.5. The molecule has 5 nitrogen and oxygen atoms in total. The van der Waals surface area contributed by atoms with E-state index in [1.54, 1.807) is 7.05 Å². The molecular formula is C17H31N3O2. The minimum absolute atomic E-state index is 0.307. The van der Waals surface area contributed by atoms with Gasteiger partial charge in [-0.3, -0.25) is 4.99 Å². The average Bonchev–Trinajstić information content (AvgIpc) is 3.00. The maximum Gasteiger partial charge on any atom is 0.191 e. The second kappa shape index (κ2) is 6.36. The first kappa shape index (κ1) is 16.1. The Morgan fingerprint density at radius 1 is 1.23 bits per heavy atom. The third kappa shape index (κ3) is 2.85. The number of rotatable bonds is 5. The maximum absolute atomic E-state index is 10.2. The van der Waals surface area contributed by atoms with E-state index < -0.39 is 5.60 Å². The lowest BCUT2D eigenvalue weighted by molar-refractivity contribution is -0.125. The van der Waals surface area contributed by atoms with Crippen LogP contribution < -0.4 is 10.6 Å². The van der Waals surface area contributed by atoms with Gasteiger partial charge in [0.25, 0.3) is 0 Å². The number of hydrogen-bond donors (Lipinski definition) is 3. The minimum atomic E-state index is -0.518. The van der Waals surface area contributed by atoms with Crippen LogP contribution in [0.5, 0.6) is 0 Å². The molecule has 3 aliphatic carbocycles. The van der Waals surface area contributed by atoms with Crippen molar-refractivity contribution in [2.45, 2.75) is 76.0 Å². The third-order valence-corrected chi connectivity index (χ3v) is 6.09. The van der Waals surface area contributed by atoms with Gasteiger partial charge in [0.15, 0.2) is 5.96 Å². The highest BCUT2D eigenvalue weighted by Gasteiger charge is 2.57. The van der Waals surface area contributed by atoms with Crippen molar-refractivity contribution < 1.29 is 9.84 Å². The summed E-state index contributed by atoms with van der Waals surface area (Å²) in [6, 6.07) is 0.453. The fourth-order valence-corrected chi connectivity index (χ4v) is 4.46. The Morgan fingerprint density at radius 3 is 2.50 bits per heavy atom. The second-order valence-electron chi connectivity index (χ2n) is 7.32. The van der Waals surface area contributed by atoms with Crippen LogP contribution in [0.1, 0.15) is 58.3 Å². The molecule has 0 amide bonds. The first-order valence-electron chi connectivity index (χ1n) is 8.93. The molecule has 1 spiro atoms. The Kier molecular flexibility index (Phi) is 4.64. The largest absolute Gasteiger partial charge is 0.388 e. The zero-order valence-electron chi connectivity index (χ0n) is 14.0. The molecule has 3 fully saturated rings. The van der Waals surface area contributed by atoms with Gasteiger partial charge >= 0.3 is 0 Å². The van der Waals surface area contributed by atoms with Crippen molar-refractivity contribution in [3.63, 3.8) is 0 Å². The summed E-state index contributed by atoms with van der Waals surface area (Å²) in [7, 11) is 1.81. The maximum atomic E-state index is 10.2. The Labute approximate surface area is 133 Å². The molecule has 2 atom stereocenters. The highest BCUT2D eigenvalue weighted by Crippen LogP contribution is 2.54. The predicted octanol–water partition coefficient (Wildman–Crippen LogP) is 1.80. The van der Waals surface area contributed by atoms with Crippen LogP contribution in [0.4, 0.5) is 0 Å². The van der Waals surface area contributed by atoms with Crippen molar-refractivity contribution in [3.8, 4) is 0 Å². The van der Waals surface area contributed by atoms with Gasteiger partial charge in [0.2, 0.25) is 0 Å². The lowest BCUT2D eigenvalue weighted by Crippen LogP contribution is -2.65. The molecule has 5 heteroatoms. The summed E-state index contributed by atoms with van der Waals surface area (Å²) in [4.78, 5) is 4.34. The summed E-state index contributed by atoms with van der Waals surface area (Å²) >= 11 is 0. The van der Waals surface area contributed by atoms with Crippen LogP contribution in [0, 0.1) is 5.41 Å². The first-order valence-corrected chi connectivity index (χ1v) is 8.93. The zero-order valence-corrected chi connectivity index (χ0v) is 14.0. The van der Waals surface area contributed by atoms with E-state index in [1.165, 1.54) is 25.7 Å². The number of aliphatic hydroxyl groups is 1. The van der Waals surface area contributed by atoms with Gasteiger partial charge in [0.05, 0.1) is 11.7 Å². The van der Waals surface area contributed by atoms with Crippen LogP contribution >= 0.6 is 0 Å². The molecule has 0 saturated heterocycles. The van der Waals surface area contributed by atoms with Crippen molar-refractivity contribution in [1.82, 2.24) is 10.6 Å². The molecule has 3 rings (SSSR count). The highest BCUT2D eigenvalue weighted by molar-refractivity contribution is 5.80. The molecule has 2 unspecified atom stereocenters. The summed E-state index contributed by atoms with van der Waals surface area (Å²) in [6.45, 7) is 3.49. The van der Waals surface area contributed by atoms with Crippen molar-refractivity contribution in [2.24, 2.45) is 10.4 Å². The summed E-state index contributed by atoms with van der Waals surface area (Å²) in [5.41, 5.74) is -0.211. The van der Waals surface area contributed by atoms with Gasteiger partial charge in [-0.1, -0.05) is 12.8 Å². The van der Waals surface area contributed by atoms with E-state index >= 15 is 0 Å². The molecule has 0 aromatic carbocycles. The van der Waals surface area contributed by atoms with E-state index in [0.29, 0.717) is 24.1 Å². The molecule has 0 aromatic heterocycles. The monoisotopic (exact) mass is 309 g/mol. The number of nitrogens with one attached hydrogen (secondary N) is 2. The molecule has 0 radical (unpaired) electrons. The van der Waals surface area contributed by atoms with Gasteiger partial charge in [-0.15, -0.1) is 0 Å². The number of guanidine groups is 1. The van der Waals surface area contributed by atoms with Crippen LogP contribution in [0.3, 0.4) is 0 Å². The van der Waals surface area contributed by atoms with Crippen molar-refractivity contribution >= 4 is 5.96 Å². The second-order valence-corrected chi connectivity index (χ2v) is 7.32. The van der Waals surface area contributed by atoms with Crippen LogP contribution in [-0.2, 0) is 4.74 Å². The van der Waals surface area contributed by atoms with Crippen LogP contribution in [0.25, 0.3) is 0 Å². The SMILES string of the molecule is CCOC1CC(NC(=NC)NCC2(O)CCC2)C12CCCC2. The van der Waals surface area contributed by atoms with E-state index in [2.05, 4.69) is 22.5 Å². The van der Waals surface area contributed by atoms with Gasteiger partial charge in [-0.2, -0.15) is 0 Å². The summed E-state index contributed by atoms with van der Waals surface area (Å²) in [5.74, 6) is 0.826. The fourth-order valence-electron chi connectivity index (χ4n) is 4.46. The number of hydrogen-bond acceptors (Lipinski definition) is 3. The molecule has 3 aliphatic rings. The van der Waals surface area contributed by atoms with Gasteiger partial charge in [-0.25, -0.2) is 0 Å². The predicted molar refractivity (Wildman–Crippen MR) is 88.0 cm³/mol. The molecule has 0 heterocycles. The van der Waals surface area contributed by atoms with Crippen molar-refractivity contribution in [2.75, 3.05) is 20.2 Å². The molecule has 22 heavy (non-hydrogen) atoms. The van der Waals surface area contributed by atoms with Crippen molar-refractivity contribution in [1.29, 1.82) is 0 Å². The smallest absolute Gasteiger partial charge is 0.191 e. The van der Waals surface area contributed by atoms with Gasteiger partial charge < -0.3 is 20.5 Å². The molecule has 0 aromatic rings. The lowest BCUT2D eigenvalue weighted by Gasteiger charge is -2.54. The van der Waals surface area contributed by atoms with Gasteiger partial charge in [0.1, 0.15) is 0 Å². The Hall–Kier alpha value is -0.810. The number of aliphatic imine (C=N–C) groups is 1. The fraction of sp³-hybridized carbons (Fsp3) is 0.941. The average molecular weight is 309 g/mol. The third-order valence-electron chi connectivity index (χ3n) is 6.09. The zero-order chi connectivity index (χ0) is 15.6. The van der Waals surface area contributed by atoms with Crippen molar-refractivity contribution in [3.05, 3.63) is 0 Å². The Bertz CT molecular complexity index is 414.